The average molecular weight is 347 g/mol. The lowest BCUT2D eigenvalue weighted by atomic mass is 9.78. The quantitative estimate of drug-likeness (QED) is 0.888. The van der Waals surface area contributed by atoms with Gasteiger partial charge in [-0.3, -0.25) is 4.79 Å². The fourth-order valence-electron chi connectivity index (χ4n) is 2.03. The topological polar surface area (TPSA) is 52.9 Å². The third-order valence-corrected chi connectivity index (χ3v) is 3.80. The first-order valence-electron chi connectivity index (χ1n) is 5.88. The highest BCUT2D eigenvalue weighted by Crippen LogP contribution is 2.35. The molecule has 1 amide bonds. The number of hydrogen-bond acceptors (Lipinski definition) is 2. The van der Waals surface area contributed by atoms with Gasteiger partial charge in [0.2, 0.25) is 0 Å². The molecule has 1 aliphatic carbocycles. The Kier molecular flexibility index (Phi) is 3.78. The van der Waals surface area contributed by atoms with Gasteiger partial charge in [0.1, 0.15) is 5.54 Å². The van der Waals surface area contributed by atoms with Crippen molar-refractivity contribution in [2.45, 2.75) is 31.0 Å². The molecule has 2 rings (SSSR count). The lowest BCUT2D eigenvalue weighted by Gasteiger charge is -2.36. The Morgan fingerprint density at radius 2 is 2.05 bits per heavy atom. The Bertz CT molecular complexity index is 588. The summed E-state index contributed by atoms with van der Waals surface area (Å²) in [6.07, 6.45) is -2.92. The van der Waals surface area contributed by atoms with E-state index in [1.165, 1.54) is 6.07 Å². The van der Waals surface area contributed by atoms with Crippen LogP contribution in [0.15, 0.2) is 22.7 Å². The standard InChI is InChI=1S/C13H10BrF3N2O/c14-8-2-3-9(10(6-8)13(15,16)17)11(20)19-12(7-18)4-1-5-12/h2-3,6H,1,4-5H2,(H,19,20). The van der Waals surface area contributed by atoms with Crippen molar-refractivity contribution in [2.75, 3.05) is 0 Å². The zero-order chi connectivity index (χ0) is 15.0. The minimum absolute atomic E-state index is 0.236. The van der Waals surface area contributed by atoms with Gasteiger partial charge in [-0.15, -0.1) is 0 Å². The maximum absolute atomic E-state index is 12.9. The molecule has 1 aromatic rings. The zero-order valence-corrected chi connectivity index (χ0v) is 11.8. The monoisotopic (exact) mass is 346 g/mol. The van der Waals surface area contributed by atoms with Crippen molar-refractivity contribution in [2.24, 2.45) is 0 Å². The second-order valence-corrected chi connectivity index (χ2v) is 5.60. The Balaban J connectivity index is 2.33. The molecule has 0 heterocycles. The number of rotatable bonds is 2. The molecule has 20 heavy (non-hydrogen) atoms. The van der Waals surface area contributed by atoms with E-state index in [9.17, 15) is 18.0 Å². The van der Waals surface area contributed by atoms with E-state index in [-0.39, 0.29) is 4.47 Å². The highest BCUT2D eigenvalue weighted by atomic mass is 79.9. The summed E-state index contributed by atoms with van der Waals surface area (Å²) in [7, 11) is 0. The SMILES string of the molecule is N#CC1(NC(=O)c2ccc(Br)cc2C(F)(F)F)CCC1. The Morgan fingerprint density at radius 3 is 2.50 bits per heavy atom. The lowest BCUT2D eigenvalue weighted by Crippen LogP contribution is -2.52. The van der Waals surface area contributed by atoms with Gasteiger partial charge >= 0.3 is 6.18 Å². The van der Waals surface area contributed by atoms with Crippen LogP contribution in [0.4, 0.5) is 13.2 Å². The van der Waals surface area contributed by atoms with Gasteiger partial charge in [0.05, 0.1) is 17.2 Å². The summed E-state index contributed by atoms with van der Waals surface area (Å²) in [5.74, 6) is -0.869. The molecule has 0 bridgehead atoms. The maximum Gasteiger partial charge on any atom is 0.417 e. The van der Waals surface area contributed by atoms with Crippen LogP contribution in [0.1, 0.15) is 35.2 Å². The van der Waals surface area contributed by atoms with Crippen molar-refractivity contribution < 1.29 is 18.0 Å². The molecule has 0 unspecified atom stereocenters. The Labute approximate surface area is 121 Å². The summed E-state index contributed by atoms with van der Waals surface area (Å²) in [6, 6.07) is 5.29. The predicted octanol–water partition coefficient (Wildman–Crippen LogP) is 3.64. The van der Waals surface area contributed by atoms with Crippen molar-refractivity contribution in [1.82, 2.24) is 5.32 Å². The first kappa shape index (κ1) is 14.9. The molecule has 0 saturated heterocycles. The van der Waals surface area contributed by atoms with Crippen LogP contribution in [0.5, 0.6) is 0 Å². The minimum Gasteiger partial charge on any atom is -0.334 e. The Morgan fingerprint density at radius 1 is 1.40 bits per heavy atom. The van der Waals surface area contributed by atoms with E-state index in [4.69, 9.17) is 5.26 Å². The van der Waals surface area contributed by atoms with Gasteiger partial charge in [0, 0.05) is 4.47 Å². The number of hydrogen-bond donors (Lipinski definition) is 1. The van der Waals surface area contributed by atoms with Crippen LogP contribution < -0.4 is 5.32 Å². The number of carbonyl (C=O) groups is 1. The van der Waals surface area contributed by atoms with E-state index in [0.29, 0.717) is 12.8 Å². The van der Waals surface area contributed by atoms with Crippen molar-refractivity contribution in [1.29, 1.82) is 5.26 Å². The predicted molar refractivity (Wildman–Crippen MR) is 68.8 cm³/mol. The molecule has 106 valence electrons. The second-order valence-electron chi connectivity index (χ2n) is 4.69. The van der Waals surface area contributed by atoms with E-state index in [2.05, 4.69) is 21.2 Å². The first-order chi connectivity index (χ1) is 9.27. The summed E-state index contributed by atoms with van der Waals surface area (Å²) in [4.78, 5) is 12.0. The fourth-order valence-corrected chi connectivity index (χ4v) is 2.39. The van der Waals surface area contributed by atoms with E-state index in [0.717, 1.165) is 18.6 Å². The van der Waals surface area contributed by atoms with Crippen LogP contribution in [0.2, 0.25) is 0 Å². The molecular weight excluding hydrogens is 337 g/mol. The molecule has 1 N–H and O–H groups in total. The number of alkyl halides is 3. The molecule has 7 heteroatoms. The first-order valence-corrected chi connectivity index (χ1v) is 6.67. The van der Waals surface area contributed by atoms with Crippen molar-refractivity contribution in [3.05, 3.63) is 33.8 Å². The molecule has 1 aliphatic rings. The minimum atomic E-state index is -4.63. The second kappa shape index (κ2) is 5.09. The van der Waals surface area contributed by atoms with Gasteiger partial charge in [-0.1, -0.05) is 15.9 Å². The maximum atomic E-state index is 12.9. The van der Waals surface area contributed by atoms with E-state index >= 15 is 0 Å². The van der Waals surface area contributed by atoms with Crippen LogP contribution in [0.3, 0.4) is 0 Å². The molecule has 0 spiro atoms. The molecule has 0 aliphatic heterocycles. The normalized spacial score (nSPS) is 16.9. The fraction of sp³-hybridized carbons (Fsp3) is 0.385. The van der Waals surface area contributed by atoms with Crippen LogP contribution in [-0.4, -0.2) is 11.4 Å². The third-order valence-electron chi connectivity index (χ3n) is 3.31. The number of halogens is 4. The highest BCUT2D eigenvalue weighted by molar-refractivity contribution is 9.10. The number of nitrogens with zero attached hydrogens (tertiary/aromatic N) is 1. The summed E-state index contributed by atoms with van der Waals surface area (Å²) in [5.41, 5.74) is -2.51. The number of carbonyl (C=O) groups excluding carboxylic acids is 1. The average Bonchev–Trinajstić information content (AvgIpc) is 2.32. The van der Waals surface area contributed by atoms with E-state index in [1.807, 2.05) is 6.07 Å². The van der Waals surface area contributed by atoms with Gasteiger partial charge in [-0.05, 0) is 37.5 Å². The molecule has 0 atom stereocenters. The van der Waals surface area contributed by atoms with Gasteiger partial charge in [0.25, 0.3) is 5.91 Å². The molecule has 1 aromatic carbocycles. The van der Waals surface area contributed by atoms with Crippen LogP contribution in [-0.2, 0) is 6.18 Å². The van der Waals surface area contributed by atoms with Gasteiger partial charge in [-0.2, -0.15) is 18.4 Å². The number of nitrogens with one attached hydrogen (secondary N) is 1. The van der Waals surface area contributed by atoms with Gasteiger partial charge < -0.3 is 5.32 Å². The van der Waals surface area contributed by atoms with E-state index < -0.39 is 28.7 Å². The van der Waals surface area contributed by atoms with Crippen LogP contribution in [0.25, 0.3) is 0 Å². The lowest BCUT2D eigenvalue weighted by molar-refractivity contribution is -0.138. The summed E-state index contributed by atoms with van der Waals surface area (Å²) < 4.78 is 39.0. The van der Waals surface area contributed by atoms with E-state index in [1.54, 1.807) is 0 Å². The smallest absolute Gasteiger partial charge is 0.334 e. The summed E-state index contributed by atoms with van der Waals surface area (Å²) >= 11 is 2.95. The zero-order valence-electron chi connectivity index (χ0n) is 10.2. The summed E-state index contributed by atoms with van der Waals surface area (Å²) in [5, 5.41) is 11.4. The Hall–Kier alpha value is -1.55. The van der Waals surface area contributed by atoms with Gasteiger partial charge in [-0.25, -0.2) is 0 Å². The number of nitriles is 1. The summed E-state index contributed by atoms with van der Waals surface area (Å²) in [6.45, 7) is 0. The number of amides is 1. The molecule has 0 radical (unpaired) electrons. The largest absolute Gasteiger partial charge is 0.417 e. The molecular formula is C13H10BrF3N2O. The molecule has 3 nitrogen and oxygen atoms in total. The van der Waals surface area contributed by atoms with Crippen LogP contribution in [0, 0.1) is 11.3 Å². The van der Waals surface area contributed by atoms with Crippen LogP contribution >= 0.6 is 15.9 Å². The molecule has 1 saturated carbocycles. The molecule has 0 aromatic heterocycles. The van der Waals surface area contributed by atoms with Crippen molar-refractivity contribution in [3.8, 4) is 6.07 Å². The van der Waals surface area contributed by atoms with Crippen molar-refractivity contribution >= 4 is 21.8 Å². The molecule has 1 fully saturated rings. The third kappa shape index (κ3) is 2.80. The van der Waals surface area contributed by atoms with Gasteiger partial charge in [0.15, 0.2) is 0 Å². The van der Waals surface area contributed by atoms with Crippen molar-refractivity contribution in [3.63, 3.8) is 0 Å². The number of benzene rings is 1. The highest BCUT2D eigenvalue weighted by Gasteiger charge is 2.41.